The van der Waals surface area contributed by atoms with E-state index in [-0.39, 0.29) is 5.91 Å². The van der Waals surface area contributed by atoms with Crippen molar-refractivity contribution in [1.29, 1.82) is 0 Å². The first-order valence-electron chi connectivity index (χ1n) is 10.8. The van der Waals surface area contributed by atoms with Crippen LogP contribution in [0.1, 0.15) is 16.9 Å². The Labute approximate surface area is 190 Å². The molecule has 2 aliphatic rings. The smallest absolute Gasteiger partial charge is 0.407 e. The van der Waals surface area contributed by atoms with Gasteiger partial charge in [-0.1, -0.05) is 23.7 Å². The molecule has 5 rings (SSSR count). The fraction of sp³-hybridized carbons (Fsp3) is 0.333. The van der Waals surface area contributed by atoms with Gasteiger partial charge in [-0.25, -0.2) is 4.79 Å². The van der Waals surface area contributed by atoms with E-state index in [1.54, 1.807) is 0 Å². The van der Waals surface area contributed by atoms with Crippen LogP contribution in [0.2, 0.25) is 5.02 Å². The third kappa shape index (κ3) is 4.06. The van der Waals surface area contributed by atoms with Crippen LogP contribution in [0.3, 0.4) is 0 Å². The highest BCUT2D eigenvalue weighted by Gasteiger charge is 2.28. The molecule has 1 N–H and O–H groups in total. The van der Waals surface area contributed by atoms with Gasteiger partial charge < -0.3 is 19.3 Å². The molecule has 0 bridgehead atoms. The molecular formula is C24H24ClN3O4. The lowest BCUT2D eigenvalue weighted by atomic mass is 10.0. The topological polar surface area (TPSA) is 77.2 Å². The molecule has 0 unspecified atom stereocenters. The van der Waals surface area contributed by atoms with Crippen molar-refractivity contribution in [3.05, 3.63) is 64.4 Å². The number of amides is 2. The number of rotatable bonds is 4. The van der Waals surface area contributed by atoms with Gasteiger partial charge >= 0.3 is 6.09 Å². The lowest BCUT2D eigenvalue weighted by Crippen LogP contribution is -2.50. The number of piperazine rings is 1. The van der Waals surface area contributed by atoms with E-state index in [4.69, 9.17) is 16.0 Å². The number of halogens is 1. The molecular weight excluding hydrogens is 430 g/mol. The molecule has 0 radical (unpaired) electrons. The van der Waals surface area contributed by atoms with Crippen molar-refractivity contribution < 1.29 is 19.1 Å². The van der Waals surface area contributed by atoms with Gasteiger partial charge in [0.2, 0.25) is 5.91 Å². The second-order valence-corrected chi connectivity index (χ2v) is 8.77. The number of hydrogen-bond acceptors (Lipinski definition) is 4. The minimum absolute atomic E-state index is 0.0695. The standard InChI is InChI=1S/C24H24ClN3O4/c25-17-3-1-16(2-4-17)7-9-26-11-12-28(23(29)15-26)18-5-6-19-20-14-27(24(30)31)10-8-21(20)32-22(19)13-18/h1-6,13H,7-12,14-15H2,(H,30,31). The van der Waals surface area contributed by atoms with Crippen molar-refractivity contribution in [3.63, 3.8) is 0 Å². The average molecular weight is 454 g/mol. The summed E-state index contributed by atoms with van der Waals surface area (Å²) in [6.07, 6.45) is 0.527. The number of carbonyl (C=O) groups is 2. The van der Waals surface area contributed by atoms with Gasteiger partial charge in [0.25, 0.3) is 0 Å². The molecule has 2 amide bonds. The van der Waals surface area contributed by atoms with E-state index < -0.39 is 6.09 Å². The maximum Gasteiger partial charge on any atom is 0.407 e. The minimum Gasteiger partial charge on any atom is -0.465 e. The summed E-state index contributed by atoms with van der Waals surface area (Å²) in [5.41, 5.74) is 3.66. The molecule has 2 aromatic carbocycles. The maximum absolute atomic E-state index is 12.9. The number of carboxylic acid groups (broad SMARTS) is 1. The van der Waals surface area contributed by atoms with Gasteiger partial charge in [-0.2, -0.15) is 0 Å². The van der Waals surface area contributed by atoms with E-state index in [0.29, 0.717) is 38.2 Å². The van der Waals surface area contributed by atoms with E-state index in [1.165, 1.54) is 10.5 Å². The Morgan fingerprint density at radius 1 is 1.06 bits per heavy atom. The van der Waals surface area contributed by atoms with E-state index in [2.05, 4.69) is 4.90 Å². The summed E-state index contributed by atoms with van der Waals surface area (Å²) in [4.78, 5) is 29.6. The normalized spacial score (nSPS) is 17.1. The first-order valence-corrected chi connectivity index (χ1v) is 11.1. The molecule has 166 valence electrons. The molecule has 3 heterocycles. The fourth-order valence-electron chi connectivity index (χ4n) is 4.53. The quantitative estimate of drug-likeness (QED) is 0.645. The molecule has 32 heavy (non-hydrogen) atoms. The van der Waals surface area contributed by atoms with Gasteiger partial charge in [0.15, 0.2) is 0 Å². The van der Waals surface area contributed by atoms with Crippen LogP contribution in [0.4, 0.5) is 10.5 Å². The van der Waals surface area contributed by atoms with Gasteiger partial charge in [-0.3, -0.25) is 9.69 Å². The fourth-order valence-corrected chi connectivity index (χ4v) is 4.65. The summed E-state index contributed by atoms with van der Waals surface area (Å²) < 4.78 is 6.02. The van der Waals surface area contributed by atoms with Gasteiger partial charge in [-0.05, 0) is 36.2 Å². The molecule has 1 aromatic heterocycles. The van der Waals surface area contributed by atoms with Crippen LogP contribution in [-0.2, 0) is 24.2 Å². The Morgan fingerprint density at radius 3 is 2.62 bits per heavy atom. The Balaban J connectivity index is 1.26. The number of carbonyl (C=O) groups excluding carboxylic acids is 1. The van der Waals surface area contributed by atoms with E-state index in [0.717, 1.165) is 46.9 Å². The summed E-state index contributed by atoms with van der Waals surface area (Å²) in [6, 6.07) is 13.6. The monoisotopic (exact) mass is 453 g/mol. The van der Waals surface area contributed by atoms with E-state index in [9.17, 15) is 14.7 Å². The van der Waals surface area contributed by atoms with Gasteiger partial charge in [0.1, 0.15) is 11.3 Å². The molecule has 3 aromatic rings. The van der Waals surface area contributed by atoms with Crippen LogP contribution in [0, 0.1) is 0 Å². The molecule has 0 atom stereocenters. The molecule has 0 spiro atoms. The molecule has 8 heteroatoms. The van der Waals surface area contributed by atoms with Gasteiger partial charge in [0.05, 0.1) is 13.1 Å². The third-order valence-corrected chi connectivity index (χ3v) is 6.58. The SMILES string of the molecule is O=C(O)N1CCc2oc3cc(N4CCN(CCc5ccc(Cl)cc5)CC4=O)ccc3c2C1. The van der Waals surface area contributed by atoms with Crippen molar-refractivity contribution in [3.8, 4) is 0 Å². The molecule has 1 fully saturated rings. The zero-order valence-electron chi connectivity index (χ0n) is 17.6. The van der Waals surface area contributed by atoms with E-state index >= 15 is 0 Å². The zero-order chi connectivity index (χ0) is 22.2. The van der Waals surface area contributed by atoms with Crippen molar-refractivity contribution >= 4 is 40.3 Å². The predicted octanol–water partition coefficient (Wildman–Crippen LogP) is 4.01. The van der Waals surface area contributed by atoms with Crippen molar-refractivity contribution in [2.75, 3.05) is 37.6 Å². The third-order valence-electron chi connectivity index (χ3n) is 6.33. The Kier molecular flexibility index (Phi) is 5.53. The lowest BCUT2D eigenvalue weighted by molar-refractivity contribution is -0.121. The van der Waals surface area contributed by atoms with Gasteiger partial charge in [-0.15, -0.1) is 0 Å². The number of benzene rings is 2. The molecule has 0 saturated carbocycles. The first-order chi connectivity index (χ1) is 15.5. The average Bonchev–Trinajstić information content (AvgIpc) is 3.15. The molecule has 0 aliphatic carbocycles. The van der Waals surface area contributed by atoms with Crippen LogP contribution in [0.25, 0.3) is 11.0 Å². The first kappa shape index (κ1) is 20.8. The van der Waals surface area contributed by atoms with E-state index in [1.807, 2.05) is 47.4 Å². The lowest BCUT2D eigenvalue weighted by Gasteiger charge is -2.34. The maximum atomic E-state index is 12.9. The molecule has 2 aliphatic heterocycles. The van der Waals surface area contributed by atoms with Gasteiger partial charge in [0, 0.05) is 60.3 Å². The minimum atomic E-state index is -0.916. The second kappa shape index (κ2) is 8.48. The van der Waals surface area contributed by atoms with Crippen molar-refractivity contribution in [2.45, 2.75) is 19.4 Å². The van der Waals surface area contributed by atoms with Crippen LogP contribution >= 0.6 is 11.6 Å². The summed E-state index contributed by atoms with van der Waals surface area (Å²) in [7, 11) is 0. The predicted molar refractivity (Wildman–Crippen MR) is 122 cm³/mol. The van der Waals surface area contributed by atoms with Crippen LogP contribution < -0.4 is 4.90 Å². The number of nitrogens with zero attached hydrogens (tertiary/aromatic N) is 3. The van der Waals surface area contributed by atoms with Crippen molar-refractivity contribution in [2.24, 2.45) is 0 Å². The second-order valence-electron chi connectivity index (χ2n) is 8.34. The number of hydrogen-bond donors (Lipinski definition) is 1. The van der Waals surface area contributed by atoms with Crippen LogP contribution in [-0.4, -0.2) is 59.6 Å². The Morgan fingerprint density at radius 2 is 1.88 bits per heavy atom. The largest absolute Gasteiger partial charge is 0.465 e. The number of furan rings is 1. The van der Waals surface area contributed by atoms with Crippen LogP contribution in [0.15, 0.2) is 46.9 Å². The highest BCUT2D eigenvalue weighted by molar-refractivity contribution is 6.30. The summed E-state index contributed by atoms with van der Waals surface area (Å²) in [6.45, 7) is 3.41. The zero-order valence-corrected chi connectivity index (χ0v) is 18.3. The summed E-state index contributed by atoms with van der Waals surface area (Å²) >= 11 is 5.95. The molecule has 1 saturated heterocycles. The van der Waals surface area contributed by atoms with Crippen molar-refractivity contribution in [1.82, 2.24) is 9.80 Å². The Hall–Kier alpha value is -3.03. The van der Waals surface area contributed by atoms with Crippen LogP contribution in [0.5, 0.6) is 0 Å². The Bertz CT molecular complexity index is 1170. The molecule has 7 nitrogen and oxygen atoms in total. The highest BCUT2D eigenvalue weighted by atomic mass is 35.5. The number of fused-ring (bicyclic) bond motifs is 3. The number of anilines is 1. The summed E-state index contributed by atoms with van der Waals surface area (Å²) in [5, 5.41) is 10.9. The summed E-state index contributed by atoms with van der Waals surface area (Å²) in [5.74, 6) is 0.910. The highest BCUT2D eigenvalue weighted by Crippen LogP contribution is 2.33.